The summed E-state index contributed by atoms with van der Waals surface area (Å²) in [5, 5.41) is 28.9. The maximum absolute atomic E-state index is 10.7. The summed E-state index contributed by atoms with van der Waals surface area (Å²) < 4.78 is 6.98. The lowest BCUT2D eigenvalue weighted by molar-refractivity contribution is -0.0336. The predicted octanol–water partition coefficient (Wildman–Crippen LogP) is 1.05. The number of ether oxygens (including phenoxy) is 1. The zero-order valence-corrected chi connectivity index (χ0v) is 12.6. The lowest BCUT2D eigenvalue weighted by atomic mass is 9.94. The molecule has 22 heavy (non-hydrogen) atoms. The summed E-state index contributed by atoms with van der Waals surface area (Å²) in [6.07, 6.45) is 2.24. The molecule has 118 valence electrons. The van der Waals surface area contributed by atoms with Gasteiger partial charge < -0.3 is 14.9 Å². The second kappa shape index (κ2) is 6.16. The third-order valence-electron chi connectivity index (χ3n) is 4.08. The normalized spacial score (nSPS) is 24.9. The highest BCUT2D eigenvalue weighted by Crippen LogP contribution is 2.25. The molecule has 2 N–H and O–H groups in total. The average Bonchev–Trinajstić information content (AvgIpc) is 2.99. The first-order valence-corrected chi connectivity index (χ1v) is 7.51. The van der Waals surface area contributed by atoms with Gasteiger partial charge in [0.25, 0.3) is 0 Å². The van der Waals surface area contributed by atoms with E-state index in [1.54, 1.807) is 17.8 Å². The monoisotopic (exact) mass is 303 g/mol. The quantitative estimate of drug-likeness (QED) is 0.882. The van der Waals surface area contributed by atoms with Gasteiger partial charge in [-0.05, 0) is 18.9 Å². The molecule has 0 aliphatic carbocycles. The number of aromatic nitrogens is 3. The third-order valence-corrected chi connectivity index (χ3v) is 4.08. The minimum absolute atomic E-state index is 0.248. The number of nitrogens with zero attached hydrogens (tertiary/aromatic N) is 3. The molecule has 0 amide bonds. The molecular weight excluding hydrogens is 282 g/mol. The number of hydrogen-bond donors (Lipinski definition) is 2. The Morgan fingerprint density at radius 2 is 2.14 bits per heavy atom. The molecule has 6 heteroatoms. The average molecular weight is 303 g/mol. The molecule has 1 unspecified atom stereocenters. The summed E-state index contributed by atoms with van der Waals surface area (Å²) in [6.45, 7) is 2.69. The van der Waals surface area contributed by atoms with E-state index in [2.05, 4.69) is 10.3 Å². The van der Waals surface area contributed by atoms with Crippen LogP contribution in [0.5, 0.6) is 0 Å². The van der Waals surface area contributed by atoms with Crippen molar-refractivity contribution in [3.8, 4) is 0 Å². The van der Waals surface area contributed by atoms with Crippen molar-refractivity contribution in [1.29, 1.82) is 0 Å². The van der Waals surface area contributed by atoms with Gasteiger partial charge in [-0.15, -0.1) is 5.10 Å². The van der Waals surface area contributed by atoms with E-state index < -0.39 is 11.7 Å². The second-order valence-electron chi connectivity index (χ2n) is 6.02. The van der Waals surface area contributed by atoms with E-state index in [-0.39, 0.29) is 6.04 Å². The molecule has 0 saturated carbocycles. The lowest BCUT2D eigenvalue weighted by Crippen LogP contribution is -2.34. The van der Waals surface area contributed by atoms with E-state index in [9.17, 15) is 10.2 Å². The molecule has 0 bridgehead atoms. The van der Waals surface area contributed by atoms with Crippen LogP contribution < -0.4 is 0 Å². The van der Waals surface area contributed by atoms with Gasteiger partial charge >= 0.3 is 0 Å². The molecule has 1 aliphatic heterocycles. The smallest absolute Gasteiger partial charge is 0.114 e. The Bertz CT molecular complexity index is 612. The van der Waals surface area contributed by atoms with Crippen molar-refractivity contribution in [1.82, 2.24) is 15.0 Å². The van der Waals surface area contributed by atoms with Gasteiger partial charge in [0.1, 0.15) is 17.3 Å². The summed E-state index contributed by atoms with van der Waals surface area (Å²) in [4.78, 5) is 0. The van der Waals surface area contributed by atoms with Crippen LogP contribution in [-0.2, 0) is 16.8 Å². The summed E-state index contributed by atoms with van der Waals surface area (Å²) in [5.74, 6) is 0. The number of benzene rings is 1. The van der Waals surface area contributed by atoms with Gasteiger partial charge in [0.15, 0.2) is 0 Å². The van der Waals surface area contributed by atoms with E-state index in [4.69, 9.17) is 4.74 Å². The largest absolute Gasteiger partial charge is 0.391 e. The number of aliphatic hydroxyl groups excluding tert-OH is 1. The van der Waals surface area contributed by atoms with Crippen LogP contribution in [0.4, 0.5) is 0 Å². The maximum atomic E-state index is 10.7. The second-order valence-corrected chi connectivity index (χ2v) is 6.02. The van der Waals surface area contributed by atoms with Gasteiger partial charge in [-0.2, -0.15) is 0 Å². The standard InChI is InChI=1S/C16H21N3O3/c1-16(21,9-12-5-3-2-4-6-12)15-10-19(18-17-15)13-11-22-8-7-14(13)20/h2-6,10,13-14,20-21H,7-9,11H2,1H3/t13-,14-,16?/m1/s1. The molecule has 3 rings (SSSR count). The van der Waals surface area contributed by atoms with E-state index in [0.29, 0.717) is 31.7 Å². The van der Waals surface area contributed by atoms with Crippen molar-refractivity contribution >= 4 is 0 Å². The molecule has 0 radical (unpaired) electrons. The van der Waals surface area contributed by atoms with Crippen LogP contribution in [0.2, 0.25) is 0 Å². The summed E-state index contributed by atoms with van der Waals surface area (Å²) in [6, 6.07) is 9.52. The molecule has 3 atom stereocenters. The van der Waals surface area contributed by atoms with Crippen molar-refractivity contribution in [3.05, 3.63) is 47.8 Å². The molecule has 2 aromatic rings. The topological polar surface area (TPSA) is 80.4 Å². The van der Waals surface area contributed by atoms with Gasteiger partial charge in [0.2, 0.25) is 0 Å². The fraction of sp³-hybridized carbons (Fsp3) is 0.500. The van der Waals surface area contributed by atoms with Crippen molar-refractivity contribution in [3.63, 3.8) is 0 Å². The zero-order valence-electron chi connectivity index (χ0n) is 12.6. The van der Waals surface area contributed by atoms with Crippen LogP contribution in [0.3, 0.4) is 0 Å². The lowest BCUT2D eigenvalue weighted by Gasteiger charge is -2.27. The predicted molar refractivity (Wildman–Crippen MR) is 80.2 cm³/mol. The van der Waals surface area contributed by atoms with E-state index >= 15 is 0 Å². The summed E-state index contributed by atoms with van der Waals surface area (Å²) in [7, 11) is 0. The molecular formula is C16H21N3O3. The molecule has 6 nitrogen and oxygen atoms in total. The van der Waals surface area contributed by atoms with Gasteiger partial charge in [-0.3, -0.25) is 0 Å². The first kappa shape index (κ1) is 15.1. The van der Waals surface area contributed by atoms with Crippen LogP contribution >= 0.6 is 0 Å². The van der Waals surface area contributed by atoms with Gasteiger partial charge in [0, 0.05) is 13.0 Å². The fourth-order valence-electron chi connectivity index (χ4n) is 2.73. The van der Waals surface area contributed by atoms with Crippen LogP contribution in [0.1, 0.15) is 30.6 Å². The third kappa shape index (κ3) is 3.19. The Kier molecular flexibility index (Phi) is 4.24. The molecule has 1 saturated heterocycles. The van der Waals surface area contributed by atoms with E-state index in [0.717, 1.165) is 5.56 Å². The zero-order chi connectivity index (χ0) is 15.6. The Labute approximate surface area is 129 Å². The summed E-state index contributed by atoms with van der Waals surface area (Å²) in [5.41, 5.74) is 0.414. The Hall–Kier alpha value is -1.76. The molecule has 0 spiro atoms. The van der Waals surface area contributed by atoms with Crippen molar-refractivity contribution in [2.45, 2.75) is 37.5 Å². The SMILES string of the molecule is CC(O)(Cc1ccccc1)c1cn([C@@H]2COCC[C@H]2O)nn1. The van der Waals surface area contributed by atoms with Crippen molar-refractivity contribution in [2.24, 2.45) is 0 Å². The molecule has 1 aliphatic rings. The van der Waals surface area contributed by atoms with Gasteiger partial charge in [0.05, 0.1) is 18.9 Å². The first-order valence-electron chi connectivity index (χ1n) is 7.51. The Morgan fingerprint density at radius 3 is 2.86 bits per heavy atom. The van der Waals surface area contributed by atoms with Crippen molar-refractivity contribution in [2.75, 3.05) is 13.2 Å². The molecule has 1 aromatic carbocycles. The number of aliphatic hydroxyl groups is 2. The maximum Gasteiger partial charge on any atom is 0.114 e. The molecule has 1 fully saturated rings. The van der Waals surface area contributed by atoms with Crippen LogP contribution in [0.25, 0.3) is 0 Å². The van der Waals surface area contributed by atoms with Crippen LogP contribution in [-0.4, -0.2) is 44.5 Å². The molecule has 2 heterocycles. The highest BCUT2D eigenvalue weighted by Gasteiger charge is 2.31. The van der Waals surface area contributed by atoms with Gasteiger partial charge in [-0.1, -0.05) is 35.5 Å². The van der Waals surface area contributed by atoms with Gasteiger partial charge in [-0.25, -0.2) is 4.68 Å². The number of rotatable bonds is 4. The van der Waals surface area contributed by atoms with Crippen molar-refractivity contribution < 1.29 is 14.9 Å². The summed E-state index contributed by atoms with van der Waals surface area (Å²) >= 11 is 0. The molecule has 1 aromatic heterocycles. The fourth-order valence-corrected chi connectivity index (χ4v) is 2.73. The van der Waals surface area contributed by atoms with Crippen LogP contribution in [0, 0.1) is 0 Å². The first-order chi connectivity index (χ1) is 10.6. The minimum Gasteiger partial charge on any atom is -0.391 e. The highest BCUT2D eigenvalue weighted by molar-refractivity contribution is 5.20. The number of hydrogen-bond acceptors (Lipinski definition) is 5. The highest BCUT2D eigenvalue weighted by atomic mass is 16.5. The minimum atomic E-state index is -1.11. The Morgan fingerprint density at radius 1 is 1.36 bits per heavy atom. The van der Waals surface area contributed by atoms with E-state index in [1.807, 2.05) is 30.3 Å². The van der Waals surface area contributed by atoms with E-state index in [1.165, 1.54) is 0 Å². The Balaban J connectivity index is 1.77. The van der Waals surface area contributed by atoms with Crippen LogP contribution in [0.15, 0.2) is 36.5 Å².